The monoisotopic (exact) mass is 344 g/mol. The number of nitrogens with zero attached hydrogens (tertiary/aromatic N) is 2. The first-order valence-corrected chi connectivity index (χ1v) is 9.45. The Labute approximate surface area is 149 Å². The van der Waals surface area contributed by atoms with Crippen molar-refractivity contribution in [1.29, 1.82) is 0 Å². The summed E-state index contributed by atoms with van der Waals surface area (Å²) in [7, 11) is 0. The Morgan fingerprint density at radius 3 is 2.24 bits per heavy atom. The highest BCUT2D eigenvalue weighted by molar-refractivity contribution is 5.81. The van der Waals surface area contributed by atoms with Crippen molar-refractivity contribution < 1.29 is 14.3 Å². The smallest absolute Gasteiger partial charge is 0.260 e. The van der Waals surface area contributed by atoms with E-state index < -0.39 is 0 Å². The molecule has 0 saturated carbocycles. The summed E-state index contributed by atoms with van der Waals surface area (Å²) >= 11 is 0. The van der Waals surface area contributed by atoms with E-state index in [0.29, 0.717) is 13.1 Å². The van der Waals surface area contributed by atoms with E-state index >= 15 is 0 Å². The molecule has 3 rings (SSSR count). The van der Waals surface area contributed by atoms with E-state index in [1.54, 1.807) is 0 Å². The van der Waals surface area contributed by atoms with Crippen LogP contribution in [0, 0.1) is 5.92 Å². The quantitative estimate of drug-likeness (QED) is 0.825. The van der Waals surface area contributed by atoms with Crippen molar-refractivity contribution >= 4 is 11.8 Å². The first kappa shape index (κ1) is 17.8. The lowest BCUT2D eigenvalue weighted by atomic mass is 9.95. The summed E-state index contributed by atoms with van der Waals surface area (Å²) in [6.07, 6.45) is 4.78. The molecule has 136 valence electrons. The number of carbonyl (C=O) groups excluding carboxylic acids is 2. The third-order valence-corrected chi connectivity index (χ3v) is 5.31. The summed E-state index contributed by atoms with van der Waals surface area (Å²) in [4.78, 5) is 28.6. The zero-order valence-electron chi connectivity index (χ0n) is 15.1. The minimum atomic E-state index is 0.00615. The normalized spacial score (nSPS) is 18.4. The highest BCUT2D eigenvalue weighted by atomic mass is 16.5. The average Bonchev–Trinajstić information content (AvgIpc) is 3.21. The molecule has 0 radical (unpaired) electrons. The number of rotatable bonds is 5. The molecule has 0 atom stereocenters. The van der Waals surface area contributed by atoms with Crippen molar-refractivity contribution in [3.63, 3.8) is 0 Å². The van der Waals surface area contributed by atoms with E-state index in [-0.39, 0.29) is 24.3 Å². The maximum atomic E-state index is 12.4. The molecule has 2 aliphatic rings. The lowest BCUT2D eigenvalue weighted by Gasteiger charge is -2.33. The first-order valence-electron chi connectivity index (χ1n) is 9.45. The van der Waals surface area contributed by atoms with Crippen LogP contribution in [0.25, 0.3) is 0 Å². The van der Waals surface area contributed by atoms with Gasteiger partial charge in [0.25, 0.3) is 5.91 Å². The van der Waals surface area contributed by atoms with Gasteiger partial charge < -0.3 is 14.5 Å². The van der Waals surface area contributed by atoms with E-state index in [1.807, 2.05) is 34.1 Å². The molecule has 0 aliphatic carbocycles. The molecule has 0 aromatic heterocycles. The lowest BCUT2D eigenvalue weighted by molar-refractivity contribution is -0.140. The molecular weight excluding hydrogens is 316 g/mol. The minimum absolute atomic E-state index is 0.00615. The van der Waals surface area contributed by atoms with Gasteiger partial charge in [0.2, 0.25) is 5.91 Å². The fourth-order valence-corrected chi connectivity index (χ4v) is 3.63. The molecule has 0 bridgehead atoms. The predicted octanol–water partition coefficient (Wildman–Crippen LogP) is 2.49. The zero-order chi connectivity index (χ0) is 17.6. The van der Waals surface area contributed by atoms with Gasteiger partial charge in [0.15, 0.2) is 6.61 Å². The number of likely N-dealkylation sites (tertiary alicyclic amines) is 2. The molecule has 0 spiro atoms. The Bertz CT molecular complexity index is 585. The van der Waals surface area contributed by atoms with E-state index in [4.69, 9.17) is 4.74 Å². The molecule has 2 heterocycles. The maximum Gasteiger partial charge on any atom is 0.260 e. The van der Waals surface area contributed by atoms with Gasteiger partial charge in [-0.05, 0) is 49.8 Å². The van der Waals surface area contributed by atoms with Gasteiger partial charge in [0.1, 0.15) is 5.75 Å². The Hall–Kier alpha value is -2.04. The molecular formula is C20H28N2O3. The van der Waals surface area contributed by atoms with Gasteiger partial charge in [-0.25, -0.2) is 0 Å². The second-order valence-electron chi connectivity index (χ2n) is 6.97. The summed E-state index contributed by atoms with van der Waals surface area (Å²) < 4.78 is 5.61. The van der Waals surface area contributed by atoms with Crippen LogP contribution in [-0.4, -0.2) is 54.4 Å². The molecule has 2 aliphatic heterocycles. The molecule has 1 aromatic rings. The number of aryl methyl sites for hydroxylation is 1. The summed E-state index contributed by atoms with van der Waals surface area (Å²) in [5.74, 6) is 1.11. The number of hydrogen-bond acceptors (Lipinski definition) is 3. The molecule has 5 nitrogen and oxygen atoms in total. The average molecular weight is 344 g/mol. The summed E-state index contributed by atoms with van der Waals surface area (Å²) in [5, 5.41) is 0. The molecule has 2 fully saturated rings. The zero-order valence-corrected chi connectivity index (χ0v) is 15.1. The highest BCUT2D eigenvalue weighted by Crippen LogP contribution is 2.22. The summed E-state index contributed by atoms with van der Waals surface area (Å²) in [5.41, 5.74) is 1.25. The van der Waals surface area contributed by atoms with E-state index in [2.05, 4.69) is 6.92 Å². The van der Waals surface area contributed by atoms with Crippen LogP contribution in [0.4, 0.5) is 0 Å². The van der Waals surface area contributed by atoms with Gasteiger partial charge in [-0.1, -0.05) is 19.1 Å². The number of benzene rings is 1. The van der Waals surface area contributed by atoms with Crippen molar-refractivity contribution in [3.05, 3.63) is 29.8 Å². The van der Waals surface area contributed by atoms with Crippen molar-refractivity contribution in [2.75, 3.05) is 32.8 Å². The number of carbonyl (C=O) groups is 2. The van der Waals surface area contributed by atoms with Crippen molar-refractivity contribution in [2.24, 2.45) is 5.92 Å². The van der Waals surface area contributed by atoms with Crippen molar-refractivity contribution in [1.82, 2.24) is 9.80 Å². The Morgan fingerprint density at radius 1 is 1.00 bits per heavy atom. The lowest BCUT2D eigenvalue weighted by Crippen LogP contribution is -2.45. The van der Waals surface area contributed by atoms with Gasteiger partial charge in [0, 0.05) is 32.1 Å². The van der Waals surface area contributed by atoms with Gasteiger partial charge in [0.05, 0.1) is 0 Å². The van der Waals surface area contributed by atoms with Gasteiger partial charge >= 0.3 is 0 Å². The molecule has 0 unspecified atom stereocenters. The van der Waals surface area contributed by atoms with Crippen molar-refractivity contribution in [3.8, 4) is 5.75 Å². The Morgan fingerprint density at radius 2 is 1.64 bits per heavy atom. The minimum Gasteiger partial charge on any atom is -0.484 e. The summed E-state index contributed by atoms with van der Waals surface area (Å²) in [6, 6.07) is 7.87. The van der Waals surface area contributed by atoms with Crippen LogP contribution in [0.1, 0.15) is 38.2 Å². The van der Waals surface area contributed by atoms with Gasteiger partial charge in [-0.2, -0.15) is 0 Å². The Kier molecular flexibility index (Phi) is 5.95. The van der Waals surface area contributed by atoms with Crippen LogP contribution in [0.5, 0.6) is 5.75 Å². The third-order valence-electron chi connectivity index (χ3n) is 5.31. The number of piperidine rings is 1. The standard InChI is InChI=1S/C20H28N2O3/c1-2-16-5-7-18(8-6-16)25-15-19(23)21-13-9-17(10-14-21)20(24)22-11-3-4-12-22/h5-8,17H,2-4,9-15H2,1H3. The van der Waals surface area contributed by atoms with Crippen LogP contribution in [0.2, 0.25) is 0 Å². The van der Waals surface area contributed by atoms with Crippen LogP contribution in [0.15, 0.2) is 24.3 Å². The highest BCUT2D eigenvalue weighted by Gasteiger charge is 2.31. The number of hydrogen-bond donors (Lipinski definition) is 0. The SMILES string of the molecule is CCc1ccc(OCC(=O)N2CCC(C(=O)N3CCCC3)CC2)cc1. The summed E-state index contributed by atoms with van der Waals surface area (Å²) in [6.45, 7) is 5.29. The maximum absolute atomic E-state index is 12.4. The molecule has 5 heteroatoms. The number of amides is 2. The fraction of sp³-hybridized carbons (Fsp3) is 0.600. The third kappa shape index (κ3) is 4.53. The molecule has 1 aromatic carbocycles. The topological polar surface area (TPSA) is 49.9 Å². The molecule has 2 amide bonds. The second kappa shape index (κ2) is 8.37. The van der Waals surface area contributed by atoms with Gasteiger partial charge in [-0.3, -0.25) is 9.59 Å². The second-order valence-corrected chi connectivity index (χ2v) is 6.97. The van der Waals surface area contributed by atoms with Crippen LogP contribution in [0.3, 0.4) is 0 Å². The predicted molar refractivity (Wildman–Crippen MR) is 96.4 cm³/mol. The first-order chi connectivity index (χ1) is 12.2. The van der Waals surface area contributed by atoms with Gasteiger partial charge in [-0.15, -0.1) is 0 Å². The number of ether oxygens (including phenoxy) is 1. The van der Waals surface area contributed by atoms with E-state index in [9.17, 15) is 9.59 Å². The largest absolute Gasteiger partial charge is 0.484 e. The van der Waals surface area contributed by atoms with Crippen LogP contribution in [-0.2, 0) is 16.0 Å². The molecule has 0 N–H and O–H groups in total. The van der Waals surface area contributed by atoms with E-state index in [0.717, 1.165) is 50.9 Å². The Balaban J connectivity index is 1.42. The fourth-order valence-electron chi connectivity index (χ4n) is 3.63. The molecule has 25 heavy (non-hydrogen) atoms. The van der Waals surface area contributed by atoms with Crippen LogP contribution < -0.4 is 4.74 Å². The van der Waals surface area contributed by atoms with E-state index in [1.165, 1.54) is 5.56 Å². The van der Waals surface area contributed by atoms with Crippen LogP contribution >= 0.6 is 0 Å². The van der Waals surface area contributed by atoms with Crippen molar-refractivity contribution in [2.45, 2.75) is 39.0 Å². The molecule has 2 saturated heterocycles.